The Labute approximate surface area is 113 Å². The summed E-state index contributed by atoms with van der Waals surface area (Å²) in [6.45, 7) is 5.65. The molecule has 0 radical (unpaired) electrons. The third-order valence-electron chi connectivity index (χ3n) is 3.05. The lowest BCUT2D eigenvalue weighted by Gasteiger charge is -2.03. The second kappa shape index (κ2) is 5.88. The summed E-state index contributed by atoms with van der Waals surface area (Å²) in [7, 11) is 0. The van der Waals surface area contributed by atoms with Gasteiger partial charge in [-0.3, -0.25) is 0 Å². The van der Waals surface area contributed by atoms with Gasteiger partial charge in [-0.1, -0.05) is 24.8 Å². The molecule has 0 fully saturated rings. The molecule has 94 valence electrons. The molecule has 0 bridgehead atoms. The van der Waals surface area contributed by atoms with E-state index in [4.69, 9.17) is 5.26 Å². The predicted octanol–water partition coefficient (Wildman–Crippen LogP) is 4.06. The average Bonchev–Trinajstić information content (AvgIpc) is 2.86. The highest BCUT2D eigenvalue weighted by Crippen LogP contribution is 2.15. The van der Waals surface area contributed by atoms with Crippen molar-refractivity contribution in [3.63, 3.8) is 0 Å². The van der Waals surface area contributed by atoms with E-state index in [0.717, 1.165) is 6.42 Å². The molecular formula is C17H16N2. The van der Waals surface area contributed by atoms with Gasteiger partial charge in [0.1, 0.15) is 0 Å². The van der Waals surface area contributed by atoms with Crippen LogP contribution in [0.4, 0.5) is 0 Å². The molecule has 0 atom stereocenters. The Bertz CT molecular complexity index is 693. The normalized spacial score (nSPS) is 11.9. The summed E-state index contributed by atoms with van der Waals surface area (Å²) in [6.07, 6.45) is 8.67. The number of aromatic nitrogens is 1. The zero-order chi connectivity index (χ0) is 13.7. The summed E-state index contributed by atoms with van der Waals surface area (Å²) in [6, 6.07) is 12.4. The number of allylic oxidation sites excluding steroid dienone is 5. The van der Waals surface area contributed by atoms with Gasteiger partial charge in [0.15, 0.2) is 0 Å². The quantitative estimate of drug-likeness (QED) is 0.592. The number of pyridine rings is 1. The molecular weight excluding hydrogens is 232 g/mol. The van der Waals surface area contributed by atoms with E-state index in [-0.39, 0.29) is 0 Å². The number of nitrogens with zero attached hydrogens (tertiary/aromatic N) is 2. The van der Waals surface area contributed by atoms with E-state index in [2.05, 4.69) is 41.5 Å². The van der Waals surface area contributed by atoms with Gasteiger partial charge in [0, 0.05) is 29.4 Å². The first-order valence-corrected chi connectivity index (χ1v) is 6.22. The minimum atomic E-state index is 0.472. The van der Waals surface area contributed by atoms with Crippen LogP contribution in [0, 0.1) is 11.3 Å². The minimum Gasteiger partial charge on any atom is -0.321 e. The molecule has 19 heavy (non-hydrogen) atoms. The van der Waals surface area contributed by atoms with Gasteiger partial charge >= 0.3 is 0 Å². The van der Waals surface area contributed by atoms with E-state index in [1.807, 2.05) is 31.2 Å². The molecule has 0 spiro atoms. The third-order valence-corrected chi connectivity index (χ3v) is 3.05. The smallest absolute Gasteiger partial charge is 0.0985 e. The maximum absolute atomic E-state index is 8.69. The number of nitriles is 1. The molecule has 2 nitrogen and oxygen atoms in total. The molecule has 2 heteroatoms. The third kappa shape index (κ3) is 3.02. The van der Waals surface area contributed by atoms with Crippen molar-refractivity contribution in [2.24, 2.45) is 0 Å². The fourth-order valence-electron chi connectivity index (χ4n) is 1.97. The zero-order valence-electron chi connectivity index (χ0n) is 11.0. The predicted molar refractivity (Wildman–Crippen MR) is 78.8 cm³/mol. The van der Waals surface area contributed by atoms with E-state index in [9.17, 15) is 0 Å². The Morgan fingerprint density at radius 3 is 2.89 bits per heavy atom. The van der Waals surface area contributed by atoms with Crippen LogP contribution in [-0.2, 0) is 6.42 Å². The van der Waals surface area contributed by atoms with Crippen LogP contribution in [0.5, 0.6) is 0 Å². The van der Waals surface area contributed by atoms with Crippen LogP contribution < -0.4 is 0 Å². The van der Waals surface area contributed by atoms with E-state index < -0.39 is 0 Å². The molecule has 2 aromatic rings. The van der Waals surface area contributed by atoms with Gasteiger partial charge in [-0.05, 0) is 42.8 Å². The van der Waals surface area contributed by atoms with Crippen molar-refractivity contribution in [3.8, 4) is 6.07 Å². The molecule has 0 saturated carbocycles. The van der Waals surface area contributed by atoms with Gasteiger partial charge in [-0.15, -0.1) is 0 Å². The van der Waals surface area contributed by atoms with E-state index in [0.29, 0.717) is 5.57 Å². The van der Waals surface area contributed by atoms with E-state index >= 15 is 0 Å². The van der Waals surface area contributed by atoms with Crippen molar-refractivity contribution in [3.05, 3.63) is 78.2 Å². The van der Waals surface area contributed by atoms with Crippen LogP contribution in [0.15, 0.2) is 72.5 Å². The first-order chi connectivity index (χ1) is 9.24. The summed E-state index contributed by atoms with van der Waals surface area (Å²) in [5.41, 5.74) is 4.06. The van der Waals surface area contributed by atoms with Gasteiger partial charge in [-0.2, -0.15) is 5.26 Å². The van der Waals surface area contributed by atoms with Gasteiger partial charge in [0.05, 0.1) is 6.07 Å². The Kier molecular flexibility index (Phi) is 4.00. The Hall–Kier alpha value is -2.53. The molecule has 0 aliphatic rings. The molecule has 2 rings (SSSR count). The first kappa shape index (κ1) is 12.9. The van der Waals surface area contributed by atoms with Gasteiger partial charge in [0.2, 0.25) is 0 Å². The first-order valence-electron chi connectivity index (χ1n) is 6.22. The largest absolute Gasteiger partial charge is 0.321 e. The van der Waals surface area contributed by atoms with Gasteiger partial charge in [-0.25, -0.2) is 0 Å². The van der Waals surface area contributed by atoms with Crippen molar-refractivity contribution < 1.29 is 0 Å². The maximum atomic E-state index is 8.69. The summed E-state index contributed by atoms with van der Waals surface area (Å²) in [5.74, 6) is 0. The monoisotopic (exact) mass is 248 g/mol. The second-order valence-corrected chi connectivity index (χ2v) is 4.33. The van der Waals surface area contributed by atoms with Crippen molar-refractivity contribution in [1.82, 2.24) is 4.40 Å². The molecule has 2 heterocycles. The van der Waals surface area contributed by atoms with Crippen LogP contribution in [-0.4, -0.2) is 4.40 Å². The average molecular weight is 248 g/mol. The second-order valence-electron chi connectivity index (χ2n) is 4.33. The summed E-state index contributed by atoms with van der Waals surface area (Å²) in [4.78, 5) is 0. The lowest BCUT2D eigenvalue weighted by molar-refractivity contribution is 1.02. The number of fused-ring (bicyclic) bond motifs is 1. The fraction of sp³-hybridized carbons (Fsp3) is 0.118. The number of hydrogen-bond donors (Lipinski definition) is 0. The summed E-state index contributed by atoms with van der Waals surface area (Å²) >= 11 is 0. The minimum absolute atomic E-state index is 0.472. The molecule has 0 unspecified atom stereocenters. The zero-order valence-corrected chi connectivity index (χ0v) is 11.0. The van der Waals surface area contributed by atoms with Crippen LogP contribution in [0.2, 0.25) is 0 Å². The lowest BCUT2D eigenvalue weighted by Crippen LogP contribution is -1.94. The number of hydrogen-bond acceptors (Lipinski definition) is 1. The van der Waals surface area contributed by atoms with Gasteiger partial charge in [0.25, 0.3) is 0 Å². The molecule has 0 amide bonds. The number of rotatable bonds is 4. The van der Waals surface area contributed by atoms with E-state index in [1.165, 1.54) is 16.8 Å². The highest BCUT2D eigenvalue weighted by Gasteiger charge is 2.02. The van der Waals surface area contributed by atoms with Crippen molar-refractivity contribution in [2.45, 2.75) is 13.3 Å². The molecule has 0 aliphatic heterocycles. The van der Waals surface area contributed by atoms with Crippen LogP contribution in [0.25, 0.3) is 5.52 Å². The fourth-order valence-corrected chi connectivity index (χ4v) is 1.97. The Balaban J connectivity index is 2.22. The standard InChI is InChI=1S/C17H16N2/c1-3-15(8-7-14(2)13-18)12-17-10-9-16-6-4-5-11-19(16)17/h3-11H,2,12H2,1H3/b8-7-,15-3+. The maximum Gasteiger partial charge on any atom is 0.0985 e. The van der Waals surface area contributed by atoms with Crippen LogP contribution in [0.3, 0.4) is 0 Å². The highest BCUT2D eigenvalue weighted by atomic mass is 14.9. The van der Waals surface area contributed by atoms with Crippen LogP contribution >= 0.6 is 0 Å². The molecule has 0 aromatic carbocycles. The van der Waals surface area contributed by atoms with E-state index in [1.54, 1.807) is 6.08 Å². The topological polar surface area (TPSA) is 28.2 Å². The molecule has 0 saturated heterocycles. The Morgan fingerprint density at radius 2 is 2.16 bits per heavy atom. The highest BCUT2D eigenvalue weighted by molar-refractivity contribution is 5.50. The van der Waals surface area contributed by atoms with Crippen molar-refractivity contribution in [1.29, 1.82) is 5.26 Å². The summed E-state index contributed by atoms with van der Waals surface area (Å²) < 4.78 is 2.18. The molecule has 2 aromatic heterocycles. The SMILES string of the molecule is C=C(C#N)/C=C\C(=C/C)Cc1ccc2ccccn12. The van der Waals surface area contributed by atoms with Crippen molar-refractivity contribution >= 4 is 5.52 Å². The molecule has 0 N–H and O–H groups in total. The molecule has 0 aliphatic carbocycles. The lowest BCUT2D eigenvalue weighted by atomic mass is 10.1. The summed E-state index contributed by atoms with van der Waals surface area (Å²) in [5, 5.41) is 8.69. The van der Waals surface area contributed by atoms with Gasteiger partial charge < -0.3 is 4.40 Å². The van der Waals surface area contributed by atoms with Crippen LogP contribution in [0.1, 0.15) is 12.6 Å². The van der Waals surface area contributed by atoms with Crippen molar-refractivity contribution in [2.75, 3.05) is 0 Å². The Morgan fingerprint density at radius 1 is 1.32 bits per heavy atom.